The maximum Gasteiger partial charge on any atom is 0.416 e. The Hall–Kier alpha value is -1.07. The van der Waals surface area contributed by atoms with Gasteiger partial charge in [0.15, 0.2) is 0 Å². The highest BCUT2D eigenvalue weighted by Crippen LogP contribution is 2.30. The van der Waals surface area contributed by atoms with Crippen LogP contribution < -0.4 is 5.32 Å². The molecule has 0 fully saturated rings. The molecule has 2 nitrogen and oxygen atoms in total. The van der Waals surface area contributed by atoms with Crippen molar-refractivity contribution in [2.45, 2.75) is 38.6 Å². The van der Waals surface area contributed by atoms with E-state index in [0.29, 0.717) is 12.2 Å². The number of halogens is 3. The van der Waals surface area contributed by atoms with Crippen LogP contribution in [0.1, 0.15) is 37.4 Å². The standard InChI is InChI=1S/C14H20F3NO/c1-4-10(2)19-9-13(18-3)11-6-5-7-12(8-11)14(15,16)17/h5-8,10,13,18H,4,9H2,1-3H3. The van der Waals surface area contributed by atoms with E-state index in [1.807, 2.05) is 13.8 Å². The van der Waals surface area contributed by atoms with Crippen molar-refractivity contribution in [2.75, 3.05) is 13.7 Å². The first-order chi connectivity index (χ1) is 8.88. The normalized spacial score (nSPS) is 15.3. The maximum atomic E-state index is 12.7. The predicted octanol–water partition coefficient (Wildman–Crippen LogP) is 3.78. The average Bonchev–Trinajstić information content (AvgIpc) is 2.38. The SMILES string of the molecule is CCC(C)OCC(NC)c1cccc(C(F)(F)F)c1. The van der Waals surface area contributed by atoms with E-state index in [4.69, 9.17) is 4.74 Å². The first-order valence-electron chi connectivity index (χ1n) is 6.34. The fraction of sp³-hybridized carbons (Fsp3) is 0.571. The Morgan fingerprint density at radius 2 is 2.00 bits per heavy atom. The number of alkyl halides is 3. The molecule has 0 amide bonds. The van der Waals surface area contributed by atoms with Crippen LogP contribution in [0.15, 0.2) is 24.3 Å². The highest BCUT2D eigenvalue weighted by Gasteiger charge is 2.30. The third-order valence-electron chi connectivity index (χ3n) is 3.09. The zero-order chi connectivity index (χ0) is 14.5. The maximum absolute atomic E-state index is 12.7. The molecule has 19 heavy (non-hydrogen) atoms. The summed E-state index contributed by atoms with van der Waals surface area (Å²) in [5.41, 5.74) is -0.0468. The summed E-state index contributed by atoms with van der Waals surface area (Å²) in [7, 11) is 1.71. The van der Waals surface area contributed by atoms with Crippen LogP contribution in [-0.4, -0.2) is 19.8 Å². The van der Waals surface area contributed by atoms with Gasteiger partial charge in [0.05, 0.1) is 24.3 Å². The van der Waals surface area contributed by atoms with E-state index in [-0.39, 0.29) is 12.1 Å². The molecule has 1 aromatic rings. The van der Waals surface area contributed by atoms with Crippen molar-refractivity contribution in [3.8, 4) is 0 Å². The zero-order valence-corrected chi connectivity index (χ0v) is 11.4. The van der Waals surface area contributed by atoms with Gasteiger partial charge in [0.25, 0.3) is 0 Å². The molecule has 0 aliphatic rings. The van der Waals surface area contributed by atoms with Gasteiger partial charge in [-0.2, -0.15) is 13.2 Å². The third kappa shape index (κ3) is 4.84. The van der Waals surface area contributed by atoms with Crippen LogP contribution in [-0.2, 0) is 10.9 Å². The molecule has 108 valence electrons. The van der Waals surface area contributed by atoms with Crippen molar-refractivity contribution in [3.63, 3.8) is 0 Å². The van der Waals surface area contributed by atoms with Gasteiger partial charge >= 0.3 is 6.18 Å². The first-order valence-corrected chi connectivity index (χ1v) is 6.34. The minimum absolute atomic E-state index is 0.0987. The molecule has 0 heterocycles. The number of benzene rings is 1. The number of hydrogen-bond acceptors (Lipinski definition) is 2. The first kappa shape index (κ1) is 16.0. The van der Waals surface area contributed by atoms with E-state index in [9.17, 15) is 13.2 Å². The lowest BCUT2D eigenvalue weighted by atomic mass is 10.0. The van der Waals surface area contributed by atoms with Crippen LogP contribution in [0, 0.1) is 0 Å². The molecule has 1 rings (SSSR count). The highest BCUT2D eigenvalue weighted by molar-refractivity contribution is 5.28. The molecule has 0 radical (unpaired) electrons. The van der Waals surface area contributed by atoms with Crippen molar-refractivity contribution in [2.24, 2.45) is 0 Å². The summed E-state index contributed by atoms with van der Waals surface area (Å²) >= 11 is 0. The molecule has 1 N–H and O–H groups in total. The van der Waals surface area contributed by atoms with Crippen LogP contribution in [0.25, 0.3) is 0 Å². The smallest absolute Gasteiger partial charge is 0.377 e. The molecule has 2 atom stereocenters. The Morgan fingerprint density at radius 1 is 1.32 bits per heavy atom. The Kier molecular flexibility index (Phi) is 5.82. The van der Waals surface area contributed by atoms with Crippen LogP contribution in [0.3, 0.4) is 0 Å². The van der Waals surface area contributed by atoms with Crippen molar-refractivity contribution in [3.05, 3.63) is 35.4 Å². The number of nitrogens with one attached hydrogen (secondary N) is 1. The van der Waals surface area contributed by atoms with Gasteiger partial charge in [-0.3, -0.25) is 0 Å². The molecule has 2 unspecified atom stereocenters. The minimum atomic E-state index is -4.31. The summed E-state index contributed by atoms with van der Waals surface area (Å²) in [6.07, 6.45) is -3.34. The predicted molar refractivity (Wildman–Crippen MR) is 68.9 cm³/mol. The molecule has 0 saturated heterocycles. The van der Waals surface area contributed by atoms with E-state index >= 15 is 0 Å². The third-order valence-corrected chi connectivity index (χ3v) is 3.09. The molecule has 0 saturated carbocycles. The number of hydrogen-bond donors (Lipinski definition) is 1. The van der Waals surface area contributed by atoms with E-state index < -0.39 is 11.7 Å². The fourth-order valence-corrected chi connectivity index (χ4v) is 1.66. The highest BCUT2D eigenvalue weighted by atomic mass is 19.4. The summed E-state index contributed by atoms with van der Waals surface area (Å²) in [4.78, 5) is 0. The molecule has 0 aromatic heterocycles. The average molecular weight is 275 g/mol. The van der Waals surface area contributed by atoms with Gasteiger partial charge in [0.1, 0.15) is 0 Å². The van der Waals surface area contributed by atoms with Crippen LogP contribution in [0.2, 0.25) is 0 Å². The van der Waals surface area contributed by atoms with Crippen LogP contribution >= 0.6 is 0 Å². The molecule has 0 bridgehead atoms. The van der Waals surface area contributed by atoms with Crippen LogP contribution in [0.5, 0.6) is 0 Å². The Balaban J connectivity index is 2.81. The van der Waals surface area contributed by atoms with Gasteiger partial charge in [-0.05, 0) is 38.1 Å². The second-order valence-corrected chi connectivity index (χ2v) is 4.52. The lowest BCUT2D eigenvalue weighted by Crippen LogP contribution is -2.24. The summed E-state index contributed by atoms with van der Waals surface area (Å²) in [6, 6.07) is 5.10. The Morgan fingerprint density at radius 3 is 2.53 bits per heavy atom. The lowest BCUT2D eigenvalue weighted by molar-refractivity contribution is -0.137. The van der Waals surface area contributed by atoms with E-state index in [0.717, 1.165) is 12.5 Å². The Bertz CT molecular complexity index is 393. The topological polar surface area (TPSA) is 21.3 Å². The molecule has 0 spiro atoms. The summed E-state index contributed by atoms with van der Waals surface area (Å²) in [5, 5.41) is 2.98. The number of likely N-dealkylation sites (N-methyl/N-ethyl adjacent to an activating group) is 1. The largest absolute Gasteiger partial charge is 0.416 e. The quantitative estimate of drug-likeness (QED) is 0.853. The van der Waals surface area contributed by atoms with Crippen molar-refractivity contribution in [1.29, 1.82) is 0 Å². The van der Waals surface area contributed by atoms with Crippen LogP contribution in [0.4, 0.5) is 13.2 Å². The summed E-state index contributed by atoms with van der Waals surface area (Å²) in [6.45, 7) is 4.30. The summed E-state index contributed by atoms with van der Waals surface area (Å²) in [5.74, 6) is 0. The molecule has 0 aliphatic heterocycles. The van der Waals surface area contributed by atoms with E-state index in [2.05, 4.69) is 5.32 Å². The van der Waals surface area contributed by atoms with Gasteiger partial charge < -0.3 is 10.1 Å². The Labute approximate surface area is 112 Å². The molecular weight excluding hydrogens is 255 g/mol. The van der Waals surface area contributed by atoms with Gasteiger partial charge in [-0.25, -0.2) is 0 Å². The van der Waals surface area contributed by atoms with Gasteiger partial charge in [-0.1, -0.05) is 19.1 Å². The van der Waals surface area contributed by atoms with Crippen molar-refractivity contribution < 1.29 is 17.9 Å². The molecule has 0 aliphatic carbocycles. The number of ether oxygens (including phenoxy) is 1. The summed E-state index contributed by atoms with van der Waals surface area (Å²) < 4.78 is 43.5. The van der Waals surface area contributed by atoms with Gasteiger partial charge in [0.2, 0.25) is 0 Å². The van der Waals surface area contributed by atoms with Gasteiger partial charge in [0, 0.05) is 0 Å². The van der Waals surface area contributed by atoms with Crippen molar-refractivity contribution >= 4 is 0 Å². The van der Waals surface area contributed by atoms with E-state index in [1.54, 1.807) is 13.1 Å². The van der Waals surface area contributed by atoms with E-state index in [1.165, 1.54) is 12.1 Å². The lowest BCUT2D eigenvalue weighted by Gasteiger charge is -2.20. The molecular formula is C14H20F3NO. The second-order valence-electron chi connectivity index (χ2n) is 4.52. The van der Waals surface area contributed by atoms with Gasteiger partial charge in [-0.15, -0.1) is 0 Å². The fourth-order valence-electron chi connectivity index (χ4n) is 1.66. The molecule has 5 heteroatoms. The number of rotatable bonds is 6. The second kappa shape index (κ2) is 6.91. The zero-order valence-electron chi connectivity index (χ0n) is 11.4. The minimum Gasteiger partial charge on any atom is -0.377 e. The monoisotopic (exact) mass is 275 g/mol. The van der Waals surface area contributed by atoms with Crippen molar-refractivity contribution in [1.82, 2.24) is 5.32 Å². The molecule has 1 aromatic carbocycles.